The molecule has 1 N–H and O–H groups in total. The molecule has 1 aromatic rings. The Morgan fingerprint density at radius 2 is 1.79 bits per heavy atom. The average Bonchev–Trinajstić information content (AvgIpc) is 2.37. The first-order valence-electron chi connectivity index (χ1n) is 6.58. The highest BCUT2D eigenvalue weighted by Crippen LogP contribution is 2.21. The van der Waals surface area contributed by atoms with E-state index in [1.54, 1.807) is 25.9 Å². The van der Waals surface area contributed by atoms with E-state index in [2.05, 4.69) is 0 Å². The lowest BCUT2D eigenvalue weighted by molar-refractivity contribution is -0.134. The van der Waals surface area contributed by atoms with Crippen molar-refractivity contribution in [2.75, 3.05) is 27.7 Å². The third-order valence-corrected chi connectivity index (χ3v) is 3.13. The second-order valence-electron chi connectivity index (χ2n) is 5.16. The number of likely N-dealkylation sites (N-methyl/N-ethyl adjacent to an activating group) is 2. The van der Waals surface area contributed by atoms with Gasteiger partial charge in [-0.2, -0.15) is 0 Å². The van der Waals surface area contributed by atoms with Gasteiger partial charge in [-0.1, -0.05) is 30.3 Å². The van der Waals surface area contributed by atoms with Crippen LogP contribution in [0.5, 0.6) is 0 Å². The molecule has 0 spiro atoms. The fourth-order valence-electron chi connectivity index (χ4n) is 1.99. The maximum absolute atomic E-state index is 12.4. The SMILES string of the molecule is CC(O)CCN(C)C(C(=O)N(C)C)c1ccccc1. The lowest BCUT2D eigenvalue weighted by atomic mass is 10.0. The second-order valence-corrected chi connectivity index (χ2v) is 5.16. The summed E-state index contributed by atoms with van der Waals surface area (Å²) >= 11 is 0. The van der Waals surface area contributed by atoms with Crippen molar-refractivity contribution in [2.24, 2.45) is 0 Å². The Labute approximate surface area is 115 Å². The van der Waals surface area contributed by atoms with Crippen LogP contribution in [0, 0.1) is 0 Å². The number of hydrogen-bond acceptors (Lipinski definition) is 3. The van der Waals surface area contributed by atoms with Crippen LogP contribution in [-0.2, 0) is 4.79 Å². The quantitative estimate of drug-likeness (QED) is 0.847. The van der Waals surface area contributed by atoms with Gasteiger partial charge in [-0.05, 0) is 26.0 Å². The molecular formula is C15H24N2O2. The fourth-order valence-corrected chi connectivity index (χ4v) is 1.99. The standard InChI is InChI=1S/C15H24N2O2/c1-12(18)10-11-17(4)14(15(19)16(2)3)13-8-6-5-7-9-13/h5-9,12,14,18H,10-11H2,1-4H3. The highest BCUT2D eigenvalue weighted by Gasteiger charge is 2.26. The molecule has 2 unspecified atom stereocenters. The van der Waals surface area contributed by atoms with Crippen LogP contribution in [0.25, 0.3) is 0 Å². The maximum atomic E-state index is 12.4. The molecule has 0 radical (unpaired) electrons. The van der Waals surface area contributed by atoms with Gasteiger partial charge in [0.25, 0.3) is 0 Å². The van der Waals surface area contributed by atoms with Crippen molar-refractivity contribution in [3.8, 4) is 0 Å². The number of aliphatic hydroxyl groups is 1. The van der Waals surface area contributed by atoms with Gasteiger partial charge in [0.2, 0.25) is 5.91 Å². The number of carbonyl (C=O) groups excluding carboxylic acids is 1. The Balaban J connectivity index is 2.90. The molecule has 1 rings (SSSR count). The van der Waals surface area contributed by atoms with Gasteiger partial charge in [-0.15, -0.1) is 0 Å². The molecule has 0 saturated carbocycles. The molecule has 0 heterocycles. The summed E-state index contributed by atoms with van der Waals surface area (Å²) in [4.78, 5) is 15.9. The molecule has 0 aromatic heterocycles. The first kappa shape index (κ1) is 15.7. The molecule has 0 fully saturated rings. The summed E-state index contributed by atoms with van der Waals surface area (Å²) in [5.74, 6) is 0.0549. The molecule has 0 aliphatic carbocycles. The first-order chi connectivity index (χ1) is 8.93. The topological polar surface area (TPSA) is 43.8 Å². The van der Waals surface area contributed by atoms with Crippen LogP contribution in [0.3, 0.4) is 0 Å². The summed E-state index contributed by atoms with van der Waals surface area (Å²) in [5.41, 5.74) is 0.981. The van der Waals surface area contributed by atoms with E-state index in [9.17, 15) is 9.90 Å². The van der Waals surface area contributed by atoms with Crippen molar-refractivity contribution in [3.63, 3.8) is 0 Å². The van der Waals surface area contributed by atoms with Gasteiger partial charge in [0.1, 0.15) is 6.04 Å². The number of amides is 1. The first-order valence-corrected chi connectivity index (χ1v) is 6.58. The average molecular weight is 264 g/mol. The van der Waals surface area contributed by atoms with Crippen molar-refractivity contribution in [1.82, 2.24) is 9.80 Å². The molecule has 4 heteroatoms. The Morgan fingerprint density at radius 3 is 2.26 bits per heavy atom. The van der Waals surface area contributed by atoms with Crippen LogP contribution in [0.1, 0.15) is 24.9 Å². The normalized spacial score (nSPS) is 14.2. The number of rotatable bonds is 6. The number of hydrogen-bond donors (Lipinski definition) is 1. The van der Waals surface area contributed by atoms with E-state index < -0.39 is 0 Å². The number of carbonyl (C=O) groups is 1. The molecule has 0 saturated heterocycles. The van der Waals surface area contributed by atoms with Crippen LogP contribution >= 0.6 is 0 Å². The minimum atomic E-state index is -0.353. The Bertz CT molecular complexity index is 390. The maximum Gasteiger partial charge on any atom is 0.244 e. The van der Waals surface area contributed by atoms with E-state index >= 15 is 0 Å². The van der Waals surface area contributed by atoms with Crippen molar-refractivity contribution < 1.29 is 9.90 Å². The highest BCUT2D eigenvalue weighted by atomic mass is 16.3. The van der Waals surface area contributed by atoms with Crippen molar-refractivity contribution in [2.45, 2.75) is 25.5 Å². The zero-order chi connectivity index (χ0) is 14.4. The van der Waals surface area contributed by atoms with E-state index in [1.165, 1.54) is 0 Å². The number of nitrogens with zero attached hydrogens (tertiary/aromatic N) is 2. The molecule has 0 aliphatic heterocycles. The lowest BCUT2D eigenvalue weighted by Gasteiger charge is -2.30. The molecular weight excluding hydrogens is 240 g/mol. The zero-order valence-electron chi connectivity index (χ0n) is 12.2. The molecule has 1 amide bonds. The minimum absolute atomic E-state index is 0.0549. The van der Waals surface area contributed by atoms with Crippen LogP contribution in [0.4, 0.5) is 0 Å². The second kappa shape index (κ2) is 7.26. The number of aliphatic hydroxyl groups excluding tert-OH is 1. The van der Waals surface area contributed by atoms with Gasteiger partial charge >= 0.3 is 0 Å². The predicted molar refractivity (Wildman–Crippen MR) is 76.8 cm³/mol. The van der Waals surface area contributed by atoms with Crippen LogP contribution in [-0.4, -0.2) is 54.6 Å². The van der Waals surface area contributed by atoms with Gasteiger partial charge in [-0.3, -0.25) is 9.69 Å². The summed E-state index contributed by atoms with van der Waals surface area (Å²) in [5, 5.41) is 9.38. The predicted octanol–water partition coefficient (Wildman–Crippen LogP) is 1.52. The van der Waals surface area contributed by atoms with Gasteiger partial charge in [0.05, 0.1) is 6.10 Å². The summed E-state index contributed by atoms with van der Waals surface area (Å²) in [6, 6.07) is 9.45. The number of benzene rings is 1. The summed E-state index contributed by atoms with van der Waals surface area (Å²) in [7, 11) is 5.45. The third-order valence-electron chi connectivity index (χ3n) is 3.13. The van der Waals surface area contributed by atoms with Crippen LogP contribution in [0.15, 0.2) is 30.3 Å². The Hall–Kier alpha value is -1.39. The Kier molecular flexibility index (Phi) is 5.99. The smallest absolute Gasteiger partial charge is 0.244 e. The highest BCUT2D eigenvalue weighted by molar-refractivity contribution is 5.82. The summed E-state index contributed by atoms with van der Waals surface area (Å²) in [6.07, 6.45) is 0.300. The molecule has 4 nitrogen and oxygen atoms in total. The fraction of sp³-hybridized carbons (Fsp3) is 0.533. The van der Waals surface area contributed by atoms with Crippen LogP contribution in [0.2, 0.25) is 0 Å². The molecule has 0 aliphatic rings. The van der Waals surface area contributed by atoms with E-state index in [0.717, 1.165) is 5.56 Å². The molecule has 2 atom stereocenters. The van der Waals surface area contributed by atoms with Crippen molar-refractivity contribution in [1.29, 1.82) is 0 Å². The van der Waals surface area contributed by atoms with Gasteiger partial charge in [0.15, 0.2) is 0 Å². The molecule has 106 valence electrons. The van der Waals surface area contributed by atoms with Crippen molar-refractivity contribution in [3.05, 3.63) is 35.9 Å². The largest absolute Gasteiger partial charge is 0.393 e. The zero-order valence-corrected chi connectivity index (χ0v) is 12.2. The monoisotopic (exact) mass is 264 g/mol. The molecule has 0 bridgehead atoms. The minimum Gasteiger partial charge on any atom is -0.393 e. The van der Waals surface area contributed by atoms with Gasteiger partial charge < -0.3 is 10.0 Å². The molecule has 1 aromatic carbocycles. The lowest BCUT2D eigenvalue weighted by Crippen LogP contribution is -2.39. The summed E-state index contributed by atoms with van der Waals surface area (Å²) < 4.78 is 0. The van der Waals surface area contributed by atoms with E-state index in [1.807, 2.05) is 42.3 Å². The third kappa shape index (κ3) is 4.65. The summed E-state index contributed by atoms with van der Waals surface area (Å²) in [6.45, 7) is 2.44. The van der Waals surface area contributed by atoms with Gasteiger partial charge in [0, 0.05) is 20.6 Å². The van der Waals surface area contributed by atoms with Crippen molar-refractivity contribution >= 4 is 5.91 Å². The van der Waals surface area contributed by atoms with Gasteiger partial charge in [-0.25, -0.2) is 0 Å². The van der Waals surface area contributed by atoms with E-state index in [4.69, 9.17) is 0 Å². The van der Waals surface area contributed by atoms with E-state index in [0.29, 0.717) is 13.0 Å². The van der Waals surface area contributed by atoms with E-state index in [-0.39, 0.29) is 18.1 Å². The Morgan fingerprint density at radius 1 is 1.21 bits per heavy atom. The van der Waals surface area contributed by atoms with Crippen LogP contribution < -0.4 is 0 Å². The molecule has 19 heavy (non-hydrogen) atoms.